The molecule has 0 radical (unpaired) electrons. The number of hydrogen-bond donors (Lipinski definition) is 2. The van der Waals surface area contributed by atoms with Gasteiger partial charge in [-0.05, 0) is 45.2 Å². The van der Waals surface area contributed by atoms with E-state index >= 15 is 0 Å². The molecule has 8 heteroatoms. The zero-order valence-corrected chi connectivity index (χ0v) is 20.5. The molecule has 2 N–H and O–H groups in total. The van der Waals surface area contributed by atoms with Crippen molar-refractivity contribution in [3.8, 4) is 0 Å². The maximum Gasteiger partial charge on any atom is 0.191 e. The van der Waals surface area contributed by atoms with Gasteiger partial charge in [0.25, 0.3) is 0 Å². The summed E-state index contributed by atoms with van der Waals surface area (Å²) in [6.07, 6.45) is 0.506. The maximum atomic E-state index is 12.3. The summed E-state index contributed by atoms with van der Waals surface area (Å²) < 4.78 is 24.7. The molecular formula is C20H35IN4O2S. The predicted octanol–water partition coefficient (Wildman–Crippen LogP) is 2.75. The van der Waals surface area contributed by atoms with Crippen molar-refractivity contribution in [2.75, 3.05) is 31.9 Å². The van der Waals surface area contributed by atoms with Gasteiger partial charge in [-0.2, -0.15) is 0 Å². The third-order valence-electron chi connectivity index (χ3n) is 4.98. The average Bonchev–Trinajstić information content (AvgIpc) is 3.00. The minimum atomic E-state index is -3.24. The number of hydrogen-bond acceptors (Lipinski definition) is 4. The third kappa shape index (κ3) is 7.51. The van der Waals surface area contributed by atoms with Crippen LogP contribution in [0.3, 0.4) is 0 Å². The van der Waals surface area contributed by atoms with Crippen LogP contribution in [0, 0.1) is 5.92 Å². The lowest BCUT2D eigenvalue weighted by atomic mass is 10.1. The summed E-state index contributed by atoms with van der Waals surface area (Å²) in [4.78, 5) is 7.44. The lowest BCUT2D eigenvalue weighted by Crippen LogP contribution is -2.46. The SMILES string of the molecule is CCNC(=NCCCS(=O)(=O)c1ccccc1)NC1CN(C(C)C)CC1C.I. The topological polar surface area (TPSA) is 73.8 Å². The first-order valence-corrected chi connectivity index (χ1v) is 11.6. The number of likely N-dealkylation sites (tertiary alicyclic amines) is 1. The number of halogens is 1. The summed E-state index contributed by atoms with van der Waals surface area (Å²) in [6, 6.07) is 9.52. The van der Waals surface area contributed by atoms with E-state index in [0.29, 0.717) is 35.9 Å². The van der Waals surface area contributed by atoms with Crippen LogP contribution in [0.4, 0.5) is 0 Å². The fraction of sp³-hybridized carbons (Fsp3) is 0.650. The second-order valence-electron chi connectivity index (χ2n) is 7.52. The number of nitrogens with zero attached hydrogens (tertiary/aromatic N) is 2. The molecule has 0 saturated carbocycles. The van der Waals surface area contributed by atoms with Crippen LogP contribution in [0.2, 0.25) is 0 Å². The normalized spacial score (nSPS) is 20.8. The minimum absolute atomic E-state index is 0. The smallest absolute Gasteiger partial charge is 0.191 e. The molecule has 0 aromatic heterocycles. The summed E-state index contributed by atoms with van der Waals surface area (Å²) in [5.41, 5.74) is 0. The average molecular weight is 522 g/mol. The van der Waals surface area contributed by atoms with E-state index in [4.69, 9.17) is 0 Å². The molecule has 2 rings (SSSR count). The second kappa shape index (κ2) is 12.0. The summed E-state index contributed by atoms with van der Waals surface area (Å²) >= 11 is 0. The number of nitrogens with one attached hydrogen (secondary N) is 2. The first kappa shape index (κ1) is 25.2. The van der Waals surface area contributed by atoms with Gasteiger partial charge in [0.2, 0.25) is 0 Å². The monoisotopic (exact) mass is 522 g/mol. The summed E-state index contributed by atoms with van der Waals surface area (Å²) in [6.45, 7) is 12.1. The number of sulfone groups is 1. The minimum Gasteiger partial charge on any atom is -0.357 e. The van der Waals surface area contributed by atoms with Crippen molar-refractivity contribution >= 4 is 39.8 Å². The molecule has 160 valence electrons. The Bertz CT molecular complexity index is 710. The third-order valence-corrected chi connectivity index (χ3v) is 6.80. The van der Waals surface area contributed by atoms with Gasteiger partial charge in [0, 0.05) is 38.3 Å². The Labute approximate surface area is 187 Å². The lowest BCUT2D eigenvalue weighted by molar-refractivity contribution is 0.265. The van der Waals surface area contributed by atoms with Crippen LogP contribution >= 0.6 is 24.0 Å². The van der Waals surface area contributed by atoms with Crippen LogP contribution < -0.4 is 10.6 Å². The molecule has 1 saturated heterocycles. The highest BCUT2D eigenvalue weighted by molar-refractivity contribution is 14.0. The van der Waals surface area contributed by atoms with E-state index in [0.717, 1.165) is 25.6 Å². The van der Waals surface area contributed by atoms with Gasteiger partial charge in [0.15, 0.2) is 15.8 Å². The molecule has 1 heterocycles. The highest BCUT2D eigenvalue weighted by Crippen LogP contribution is 2.18. The second-order valence-corrected chi connectivity index (χ2v) is 9.63. The van der Waals surface area contributed by atoms with Crippen molar-refractivity contribution in [2.24, 2.45) is 10.9 Å². The lowest BCUT2D eigenvalue weighted by Gasteiger charge is -2.21. The Kier molecular flexibility index (Phi) is 10.8. The largest absolute Gasteiger partial charge is 0.357 e. The van der Waals surface area contributed by atoms with Crippen molar-refractivity contribution in [1.29, 1.82) is 0 Å². The van der Waals surface area contributed by atoms with Gasteiger partial charge in [0.05, 0.1) is 10.6 Å². The molecule has 0 aliphatic carbocycles. The molecule has 1 aliphatic rings. The molecule has 0 amide bonds. The standard InChI is InChI=1S/C20H34N4O2S.HI/c1-5-21-20(23-19-15-24(16(2)3)14-17(19)4)22-12-9-13-27(25,26)18-10-7-6-8-11-18;/h6-8,10-11,16-17,19H,5,9,12-15H2,1-4H3,(H2,21,22,23);1H. The Hall–Kier alpha value is -0.870. The van der Waals surface area contributed by atoms with Crippen LogP contribution in [0.15, 0.2) is 40.2 Å². The van der Waals surface area contributed by atoms with Crippen molar-refractivity contribution in [3.05, 3.63) is 30.3 Å². The Morgan fingerprint density at radius 2 is 1.93 bits per heavy atom. The van der Waals surface area contributed by atoms with Crippen molar-refractivity contribution in [3.63, 3.8) is 0 Å². The predicted molar refractivity (Wildman–Crippen MR) is 127 cm³/mol. The quantitative estimate of drug-likeness (QED) is 0.238. The van der Waals surface area contributed by atoms with Gasteiger partial charge in [-0.15, -0.1) is 24.0 Å². The molecule has 1 aromatic rings. The molecule has 1 aromatic carbocycles. The number of benzene rings is 1. The van der Waals surface area contributed by atoms with E-state index < -0.39 is 9.84 Å². The molecule has 2 atom stereocenters. The first-order valence-electron chi connectivity index (χ1n) is 9.90. The van der Waals surface area contributed by atoms with Crippen LogP contribution in [0.25, 0.3) is 0 Å². The van der Waals surface area contributed by atoms with E-state index in [1.54, 1.807) is 24.3 Å². The molecule has 0 spiro atoms. The molecule has 28 heavy (non-hydrogen) atoms. The zero-order valence-electron chi connectivity index (χ0n) is 17.4. The van der Waals surface area contributed by atoms with Gasteiger partial charge in [-0.3, -0.25) is 9.89 Å². The van der Waals surface area contributed by atoms with Crippen molar-refractivity contribution in [2.45, 2.75) is 51.1 Å². The summed E-state index contributed by atoms with van der Waals surface area (Å²) in [5, 5.41) is 6.80. The van der Waals surface area contributed by atoms with E-state index in [2.05, 4.69) is 41.3 Å². The maximum absolute atomic E-state index is 12.3. The van der Waals surface area contributed by atoms with Gasteiger partial charge >= 0.3 is 0 Å². The Morgan fingerprint density at radius 3 is 2.50 bits per heavy atom. The zero-order chi connectivity index (χ0) is 19.9. The summed E-state index contributed by atoms with van der Waals surface area (Å²) in [5.74, 6) is 1.44. The highest BCUT2D eigenvalue weighted by Gasteiger charge is 2.31. The van der Waals surface area contributed by atoms with Crippen molar-refractivity contribution < 1.29 is 8.42 Å². The van der Waals surface area contributed by atoms with Crippen molar-refractivity contribution in [1.82, 2.24) is 15.5 Å². The molecule has 1 fully saturated rings. The van der Waals surface area contributed by atoms with Crippen LogP contribution in [-0.2, 0) is 9.84 Å². The highest BCUT2D eigenvalue weighted by atomic mass is 127. The first-order chi connectivity index (χ1) is 12.8. The van der Waals surface area contributed by atoms with Gasteiger partial charge in [0.1, 0.15) is 0 Å². The van der Waals surface area contributed by atoms with Gasteiger partial charge < -0.3 is 10.6 Å². The van der Waals surface area contributed by atoms with E-state index in [-0.39, 0.29) is 29.7 Å². The van der Waals surface area contributed by atoms with E-state index in [1.807, 2.05) is 13.0 Å². The van der Waals surface area contributed by atoms with E-state index in [1.165, 1.54) is 0 Å². The molecule has 6 nitrogen and oxygen atoms in total. The molecular weight excluding hydrogens is 487 g/mol. The molecule has 0 bridgehead atoms. The van der Waals surface area contributed by atoms with E-state index in [9.17, 15) is 8.42 Å². The van der Waals surface area contributed by atoms with Crippen LogP contribution in [0.5, 0.6) is 0 Å². The molecule has 2 unspecified atom stereocenters. The summed E-state index contributed by atoms with van der Waals surface area (Å²) in [7, 11) is -3.24. The number of aliphatic imine (C=N–C) groups is 1. The van der Waals surface area contributed by atoms with Gasteiger partial charge in [-0.25, -0.2) is 8.42 Å². The molecule has 1 aliphatic heterocycles. The number of rotatable bonds is 8. The Morgan fingerprint density at radius 1 is 1.25 bits per heavy atom. The number of guanidine groups is 1. The van der Waals surface area contributed by atoms with Crippen LogP contribution in [0.1, 0.15) is 34.1 Å². The Balaban J connectivity index is 0.00000392. The fourth-order valence-corrected chi connectivity index (χ4v) is 4.62. The van der Waals surface area contributed by atoms with Crippen LogP contribution in [-0.4, -0.2) is 63.3 Å². The van der Waals surface area contributed by atoms with Gasteiger partial charge in [-0.1, -0.05) is 25.1 Å². The fourth-order valence-electron chi connectivity index (χ4n) is 3.30.